The second kappa shape index (κ2) is 9.55. The Morgan fingerprint density at radius 2 is 1.61 bits per heavy atom. The van der Waals surface area contributed by atoms with E-state index in [0.717, 1.165) is 5.56 Å². The van der Waals surface area contributed by atoms with Gasteiger partial charge in [0.1, 0.15) is 11.6 Å². The van der Waals surface area contributed by atoms with Crippen molar-refractivity contribution in [1.29, 1.82) is 0 Å². The van der Waals surface area contributed by atoms with Crippen LogP contribution >= 0.6 is 0 Å². The predicted molar refractivity (Wildman–Crippen MR) is 113 cm³/mol. The van der Waals surface area contributed by atoms with E-state index in [1.54, 1.807) is 24.3 Å². The Bertz CT molecular complexity index is 1010. The third-order valence-electron chi connectivity index (χ3n) is 5.34. The van der Waals surface area contributed by atoms with Gasteiger partial charge in [-0.05, 0) is 37.5 Å². The van der Waals surface area contributed by atoms with Gasteiger partial charge >= 0.3 is 5.97 Å². The zero-order valence-corrected chi connectivity index (χ0v) is 17.2. The van der Waals surface area contributed by atoms with E-state index in [1.807, 2.05) is 6.92 Å². The molecule has 2 N–H and O–H groups in total. The van der Waals surface area contributed by atoms with Gasteiger partial charge in [0.05, 0.1) is 11.6 Å². The van der Waals surface area contributed by atoms with Gasteiger partial charge in [-0.25, -0.2) is 4.39 Å². The van der Waals surface area contributed by atoms with Crippen LogP contribution in [-0.4, -0.2) is 39.3 Å². The van der Waals surface area contributed by atoms with Gasteiger partial charge in [0.2, 0.25) is 0 Å². The van der Waals surface area contributed by atoms with Gasteiger partial charge in [0.25, 0.3) is 11.7 Å². The molecule has 0 saturated carbocycles. The number of aliphatic hydroxyl groups excluding tert-OH is 1. The summed E-state index contributed by atoms with van der Waals surface area (Å²) < 4.78 is 13.5. The molecule has 1 fully saturated rings. The number of hydrogen-bond donors (Lipinski definition) is 2. The fourth-order valence-electron chi connectivity index (χ4n) is 3.70. The molecule has 0 aliphatic carbocycles. The zero-order chi connectivity index (χ0) is 22.5. The van der Waals surface area contributed by atoms with Gasteiger partial charge in [-0.15, -0.1) is 0 Å². The number of rotatable bonds is 8. The number of aliphatic carboxylic acids is 1. The molecule has 1 saturated heterocycles. The molecule has 0 aromatic heterocycles. The average molecular weight is 425 g/mol. The minimum Gasteiger partial charge on any atom is -0.507 e. The monoisotopic (exact) mass is 425 g/mol. The molecule has 3 rings (SSSR count). The number of carbonyl (C=O) groups excluding carboxylic acids is 2. The van der Waals surface area contributed by atoms with Gasteiger partial charge in [0, 0.05) is 18.5 Å². The molecule has 162 valence electrons. The number of nitrogens with zero attached hydrogens (tertiary/aromatic N) is 1. The number of carboxylic acid groups (broad SMARTS) is 1. The molecular weight excluding hydrogens is 401 g/mol. The molecule has 1 aliphatic rings. The van der Waals surface area contributed by atoms with E-state index in [4.69, 9.17) is 5.11 Å². The van der Waals surface area contributed by atoms with Gasteiger partial charge in [-0.1, -0.05) is 48.4 Å². The number of carbonyl (C=O) groups is 3. The van der Waals surface area contributed by atoms with Crippen LogP contribution in [-0.2, 0) is 14.4 Å². The first-order valence-corrected chi connectivity index (χ1v) is 10.1. The highest BCUT2D eigenvalue weighted by Gasteiger charge is 2.45. The summed E-state index contributed by atoms with van der Waals surface area (Å²) in [5, 5.41) is 19.7. The molecule has 2 aromatic carbocycles. The summed E-state index contributed by atoms with van der Waals surface area (Å²) in [4.78, 5) is 37.7. The summed E-state index contributed by atoms with van der Waals surface area (Å²) in [6, 6.07) is 11.6. The fraction of sp³-hybridized carbons (Fsp3) is 0.292. The van der Waals surface area contributed by atoms with E-state index in [2.05, 4.69) is 0 Å². The molecule has 1 heterocycles. The standard InChI is InChI=1S/C24H24FNO5/c1-15-6-8-17(9-7-15)22(29)20-21(16-10-12-18(25)13-11-16)26(24(31)23(20)30)14-4-2-3-5-19(27)28/h6-13,21,29H,2-5,14H2,1H3,(H,27,28)/t21-/m0/s1. The summed E-state index contributed by atoms with van der Waals surface area (Å²) in [6.07, 6.45) is 1.57. The van der Waals surface area contributed by atoms with Crippen molar-refractivity contribution in [3.63, 3.8) is 0 Å². The number of aryl methyl sites for hydroxylation is 1. The van der Waals surface area contributed by atoms with Crippen LogP contribution in [0.15, 0.2) is 54.1 Å². The van der Waals surface area contributed by atoms with E-state index in [-0.39, 0.29) is 24.3 Å². The second-order valence-electron chi connectivity index (χ2n) is 7.61. The lowest BCUT2D eigenvalue weighted by Gasteiger charge is -2.25. The number of carboxylic acids is 1. The lowest BCUT2D eigenvalue weighted by molar-refractivity contribution is -0.140. The number of aliphatic hydroxyl groups is 1. The highest BCUT2D eigenvalue weighted by atomic mass is 19.1. The number of halogens is 1. The van der Waals surface area contributed by atoms with Gasteiger partial charge in [-0.3, -0.25) is 14.4 Å². The predicted octanol–water partition coefficient (Wildman–Crippen LogP) is 4.20. The molecule has 6 nitrogen and oxygen atoms in total. The van der Waals surface area contributed by atoms with Crippen molar-refractivity contribution in [2.24, 2.45) is 0 Å². The van der Waals surface area contributed by atoms with Crippen molar-refractivity contribution in [1.82, 2.24) is 4.90 Å². The van der Waals surface area contributed by atoms with Gasteiger partial charge < -0.3 is 15.1 Å². The van der Waals surface area contributed by atoms with E-state index in [0.29, 0.717) is 30.4 Å². The molecule has 31 heavy (non-hydrogen) atoms. The first-order valence-electron chi connectivity index (χ1n) is 10.1. The van der Waals surface area contributed by atoms with Crippen LogP contribution in [0.4, 0.5) is 4.39 Å². The molecule has 2 aromatic rings. The smallest absolute Gasteiger partial charge is 0.303 e. The molecule has 0 spiro atoms. The van der Waals surface area contributed by atoms with Crippen LogP contribution in [0.2, 0.25) is 0 Å². The first kappa shape index (κ1) is 22.2. The van der Waals surface area contributed by atoms with Crippen molar-refractivity contribution in [2.45, 2.75) is 38.6 Å². The van der Waals surface area contributed by atoms with E-state index >= 15 is 0 Å². The van der Waals surface area contributed by atoms with E-state index in [9.17, 15) is 23.9 Å². The lowest BCUT2D eigenvalue weighted by Crippen LogP contribution is -2.30. The normalized spacial score (nSPS) is 17.9. The number of likely N-dealkylation sites (tertiary alicyclic amines) is 1. The van der Waals surface area contributed by atoms with Crippen molar-refractivity contribution < 1.29 is 29.0 Å². The summed E-state index contributed by atoms with van der Waals surface area (Å²) in [7, 11) is 0. The first-order chi connectivity index (χ1) is 14.8. The largest absolute Gasteiger partial charge is 0.507 e. The Hall–Kier alpha value is -3.48. The Morgan fingerprint density at radius 1 is 0.968 bits per heavy atom. The van der Waals surface area contributed by atoms with Crippen LogP contribution in [0.3, 0.4) is 0 Å². The molecule has 0 radical (unpaired) electrons. The van der Waals surface area contributed by atoms with Crippen molar-refractivity contribution in [3.8, 4) is 0 Å². The number of hydrogen-bond acceptors (Lipinski definition) is 4. The molecule has 1 aliphatic heterocycles. The Kier molecular flexibility index (Phi) is 6.84. The minimum absolute atomic E-state index is 0.0353. The van der Waals surface area contributed by atoms with E-state index in [1.165, 1.54) is 29.2 Å². The molecule has 7 heteroatoms. The van der Waals surface area contributed by atoms with Crippen LogP contribution in [0.1, 0.15) is 48.4 Å². The van der Waals surface area contributed by atoms with Gasteiger partial charge in [0.15, 0.2) is 0 Å². The Morgan fingerprint density at radius 3 is 2.23 bits per heavy atom. The summed E-state index contributed by atoms with van der Waals surface area (Å²) in [5.74, 6) is -3.14. The summed E-state index contributed by atoms with van der Waals surface area (Å²) in [5.41, 5.74) is 1.87. The molecule has 1 amide bonds. The second-order valence-corrected chi connectivity index (χ2v) is 7.61. The lowest BCUT2D eigenvalue weighted by atomic mass is 9.95. The van der Waals surface area contributed by atoms with Crippen molar-refractivity contribution in [3.05, 3.63) is 76.6 Å². The number of amides is 1. The number of unbranched alkanes of at least 4 members (excludes halogenated alkanes) is 2. The highest BCUT2D eigenvalue weighted by Crippen LogP contribution is 2.39. The van der Waals surface area contributed by atoms with Crippen molar-refractivity contribution in [2.75, 3.05) is 6.54 Å². The third kappa shape index (κ3) is 4.99. The maximum absolute atomic E-state index is 13.5. The van der Waals surface area contributed by atoms with E-state index < -0.39 is 29.5 Å². The average Bonchev–Trinajstić information content (AvgIpc) is 2.99. The number of benzene rings is 2. The number of ketones is 1. The molecule has 1 atom stereocenters. The maximum atomic E-state index is 13.5. The quantitative estimate of drug-likeness (QED) is 0.286. The minimum atomic E-state index is -0.884. The highest BCUT2D eigenvalue weighted by molar-refractivity contribution is 6.46. The van der Waals surface area contributed by atoms with Crippen LogP contribution < -0.4 is 0 Å². The maximum Gasteiger partial charge on any atom is 0.303 e. The van der Waals surface area contributed by atoms with Gasteiger partial charge in [-0.2, -0.15) is 0 Å². The SMILES string of the molecule is Cc1ccc(C(O)=C2C(=O)C(=O)N(CCCCCC(=O)O)[C@H]2c2ccc(F)cc2)cc1. The Labute approximate surface area is 179 Å². The van der Waals surface area contributed by atoms with Crippen LogP contribution in [0.5, 0.6) is 0 Å². The third-order valence-corrected chi connectivity index (χ3v) is 5.34. The zero-order valence-electron chi connectivity index (χ0n) is 17.2. The Balaban J connectivity index is 1.96. The number of Topliss-reactive ketones (excluding diaryl/α,β-unsaturated/α-hetero) is 1. The fourth-order valence-corrected chi connectivity index (χ4v) is 3.70. The molecule has 0 bridgehead atoms. The molecule has 0 unspecified atom stereocenters. The molecular formula is C24H24FNO5. The summed E-state index contributed by atoms with van der Waals surface area (Å²) >= 11 is 0. The van der Waals surface area contributed by atoms with Crippen molar-refractivity contribution >= 4 is 23.4 Å². The van der Waals surface area contributed by atoms with Crippen LogP contribution in [0.25, 0.3) is 5.76 Å². The topological polar surface area (TPSA) is 94.9 Å². The van der Waals surface area contributed by atoms with Crippen LogP contribution in [0, 0.1) is 12.7 Å². The summed E-state index contributed by atoms with van der Waals surface area (Å²) in [6.45, 7) is 2.11.